The van der Waals surface area contributed by atoms with Crippen molar-refractivity contribution < 1.29 is 4.42 Å². The minimum atomic E-state index is -0.133. The van der Waals surface area contributed by atoms with Crippen molar-refractivity contribution in [3.63, 3.8) is 0 Å². The topological polar surface area (TPSA) is 16.4 Å². The van der Waals surface area contributed by atoms with Crippen LogP contribution in [0.25, 0.3) is 61.9 Å². The quantitative estimate of drug-likeness (QED) is 0.169. The molecule has 0 aliphatic heterocycles. The van der Waals surface area contributed by atoms with Gasteiger partial charge in [-0.3, -0.25) is 0 Å². The van der Waals surface area contributed by atoms with Gasteiger partial charge in [-0.15, -0.1) is 0 Å². The first-order chi connectivity index (χ1) is 28.0. The zero-order valence-corrected chi connectivity index (χ0v) is 32.4. The molecule has 2 nitrogen and oxygen atoms in total. The number of hydrogen-bond acceptors (Lipinski definition) is 2. The van der Waals surface area contributed by atoms with Crippen molar-refractivity contribution in [3.05, 3.63) is 203 Å². The van der Waals surface area contributed by atoms with Gasteiger partial charge in [0.25, 0.3) is 0 Å². The van der Waals surface area contributed by atoms with E-state index in [4.69, 9.17) is 4.42 Å². The van der Waals surface area contributed by atoms with E-state index in [-0.39, 0.29) is 11.3 Å². The third-order valence-corrected chi connectivity index (χ3v) is 12.6. The van der Waals surface area contributed by atoms with E-state index in [0.29, 0.717) is 0 Å². The highest BCUT2D eigenvalue weighted by Gasteiger charge is 2.36. The maximum absolute atomic E-state index is 6.58. The number of benzene rings is 7. The molecule has 1 atom stereocenters. The third kappa shape index (κ3) is 5.54. The fraction of sp³-hybridized carbons (Fsp3) is 0.127. The Balaban J connectivity index is 1.14. The Labute approximate surface area is 334 Å². The average molecular weight is 734 g/mol. The lowest BCUT2D eigenvalue weighted by molar-refractivity contribution is 0.660. The van der Waals surface area contributed by atoms with Gasteiger partial charge in [0.05, 0.1) is 5.69 Å². The number of fused-ring (bicyclic) bond motifs is 7. The van der Waals surface area contributed by atoms with E-state index >= 15 is 0 Å². The number of nitrogens with zero attached hydrogens (tertiary/aromatic N) is 1. The monoisotopic (exact) mass is 733 g/mol. The highest BCUT2D eigenvalue weighted by molar-refractivity contribution is 6.09. The maximum atomic E-state index is 6.58. The van der Waals surface area contributed by atoms with Crippen LogP contribution < -0.4 is 15.3 Å². The van der Waals surface area contributed by atoms with Gasteiger partial charge in [0.1, 0.15) is 11.2 Å². The van der Waals surface area contributed by atoms with Gasteiger partial charge in [0.15, 0.2) is 0 Å². The number of anilines is 3. The van der Waals surface area contributed by atoms with Crippen molar-refractivity contribution in [1.29, 1.82) is 0 Å². The smallest absolute Gasteiger partial charge is 0.143 e. The Morgan fingerprint density at radius 1 is 0.579 bits per heavy atom. The predicted molar refractivity (Wildman–Crippen MR) is 240 cm³/mol. The van der Waals surface area contributed by atoms with E-state index in [1.165, 1.54) is 55.1 Å². The molecule has 2 heteroatoms. The van der Waals surface area contributed by atoms with Crippen molar-refractivity contribution in [1.82, 2.24) is 0 Å². The highest BCUT2D eigenvalue weighted by Crippen LogP contribution is 2.51. The minimum Gasteiger partial charge on any atom is -0.455 e. The molecule has 0 saturated heterocycles. The van der Waals surface area contributed by atoms with Gasteiger partial charge in [-0.2, -0.15) is 0 Å². The first-order valence-corrected chi connectivity index (χ1v) is 20.3. The molecule has 0 amide bonds. The molecule has 0 N–H and O–H groups in total. The van der Waals surface area contributed by atoms with E-state index in [2.05, 4.69) is 195 Å². The van der Waals surface area contributed by atoms with E-state index < -0.39 is 0 Å². The molecule has 1 heterocycles. The lowest BCUT2D eigenvalue weighted by Gasteiger charge is -2.31. The summed E-state index contributed by atoms with van der Waals surface area (Å²) in [7, 11) is 0. The Morgan fingerprint density at radius 3 is 2.25 bits per heavy atom. The van der Waals surface area contributed by atoms with Crippen molar-refractivity contribution in [3.8, 4) is 22.3 Å². The molecule has 57 heavy (non-hydrogen) atoms. The van der Waals surface area contributed by atoms with Crippen LogP contribution in [0.1, 0.15) is 61.3 Å². The average Bonchev–Trinajstić information content (AvgIpc) is 3.76. The second-order valence-electron chi connectivity index (χ2n) is 16.3. The maximum Gasteiger partial charge on any atom is 0.143 e. The lowest BCUT2D eigenvalue weighted by Crippen LogP contribution is -2.27. The molecule has 0 radical (unpaired) electrons. The Morgan fingerprint density at radius 2 is 1.33 bits per heavy atom. The van der Waals surface area contributed by atoms with Crippen molar-refractivity contribution in [2.24, 2.45) is 0 Å². The fourth-order valence-corrected chi connectivity index (χ4v) is 9.69. The largest absolute Gasteiger partial charge is 0.455 e. The van der Waals surface area contributed by atoms with Crippen molar-refractivity contribution >= 4 is 56.7 Å². The summed E-state index contributed by atoms with van der Waals surface area (Å²) in [5.41, 5.74) is 16.6. The molecular formula is C55H43NO. The number of allylic oxidation sites excluding steroid dienone is 4. The highest BCUT2D eigenvalue weighted by atomic mass is 16.3. The summed E-state index contributed by atoms with van der Waals surface area (Å²) in [6, 6.07) is 56.0. The summed E-state index contributed by atoms with van der Waals surface area (Å²) in [4.78, 5) is 2.52. The summed E-state index contributed by atoms with van der Waals surface area (Å²) in [6.45, 7) is 4.74. The minimum absolute atomic E-state index is 0.133. The lowest BCUT2D eigenvalue weighted by atomic mass is 9.82. The van der Waals surface area contributed by atoms with E-state index in [9.17, 15) is 0 Å². The van der Waals surface area contributed by atoms with E-state index in [1.807, 2.05) is 6.07 Å². The van der Waals surface area contributed by atoms with E-state index in [1.54, 1.807) is 0 Å². The number of furan rings is 1. The molecule has 1 unspecified atom stereocenters. The van der Waals surface area contributed by atoms with Gasteiger partial charge in [0, 0.05) is 44.6 Å². The second kappa shape index (κ2) is 13.2. The van der Waals surface area contributed by atoms with Crippen LogP contribution in [0.2, 0.25) is 0 Å². The molecule has 1 aromatic heterocycles. The number of rotatable bonds is 6. The number of para-hydroxylation sites is 2. The van der Waals surface area contributed by atoms with Crippen molar-refractivity contribution in [2.75, 3.05) is 4.90 Å². The van der Waals surface area contributed by atoms with Gasteiger partial charge in [0.2, 0.25) is 0 Å². The zero-order valence-electron chi connectivity index (χ0n) is 32.4. The van der Waals surface area contributed by atoms with E-state index in [0.717, 1.165) is 63.7 Å². The van der Waals surface area contributed by atoms with Crippen LogP contribution in [-0.2, 0) is 5.41 Å². The summed E-state index contributed by atoms with van der Waals surface area (Å²) in [5.74, 6) is 0.274. The molecule has 0 bridgehead atoms. The zero-order chi connectivity index (χ0) is 38.1. The Bertz CT molecular complexity index is 3100. The summed E-state index contributed by atoms with van der Waals surface area (Å²) < 4.78 is 6.58. The molecule has 0 saturated carbocycles. The Hall–Kier alpha value is -6.64. The van der Waals surface area contributed by atoms with Gasteiger partial charge < -0.3 is 9.32 Å². The molecule has 0 spiro atoms. The van der Waals surface area contributed by atoms with Crippen molar-refractivity contribution in [2.45, 2.75) is 44.4 Å². The van der Waals surface area contributed by atoms with Crippen LogP contribution >= 0.6 is 0 Å². The van der Waals surface area contributed by atoms with Crippen LogP contribution in [0.4, 0.5) is 17.1 Å². The SMILES string of the molecule is CC1(C)c2ccccc2-c2ccc(N(c3cccc(-c4cccc5c4oc4ccccc45)c3)c3cc(C4C=c5ccccc5=CC4)ccc3C3=CCCC=C3)cc21. The molecule has 7 aromatic carbocycles. The molecule has 274 valence electrons. The first kappa shape index (κ1) is 33.7. The predicted octanol–water partition coefficient (Wildman–Crippen LogP) is 13.5. The third-order valence-electron chi connectivity index (χ3n) is 12.6. The van der Waals surface area contributed by atoms with Gasteiger partial charge in [-0.1, -0.05) is 159 Å². The normalized spacial score (nSPS) is 16.3. The number of hydrogen-bond donors (Lipinski definition) is 0. The van der Waals surface area contributed by atoms with Crippen LogP contribution in [0.15, 0.2) is 174 Å². The van der Waals surface area contributed by atoms with Gasteiger partial charge in [-0.05, 0) is 105 Å². The van der Waals surface area contributed by atoms with Crippen LogP contribution in [0.5, 0.6) is 0 Å². The summed E-state index contributed by atoms with van der Waals surface area (Å²) >= 11 is 0. The second-order valence-corrected chi connectivity index (χ2v) is 16.3. The van der Waals surface area contributed by atoms with Gasteiger partial charge in [-0.25, -0.2) is 0 Å². The molecule has 8 aromatic rings. The Kier molecular flexibility index (Phi) is 7.83. The molecule has 3 aliphatic carbocycles. The van der Waals surface area contributed by atoms with Gasteiger partial charge >= 0.3 is 0 Å². The summed E-state index contributed by atoms with van der Waals surface area (Å²) in [6.07, 6.45) is 15.0. The van der Waals surface area contributed by atoms with Crippen LogP contribution in [0.3, 0.4) is 0 Å². The fourth-order valence-electron chi connectivity index (χ4n) is 9.69. The molecule has 0 fully saturated rings. The van der Waals surface area contributed by atoms with Crippen LogP contribution in [-0.4, -0.2) is 0 Å². The molecule has 11 rings (SSSR count). The first-order valence-electron chi connectivity index (χ1n) is 20.3. The standard InChI is InChI=1S/C55H43NO/c1-55(2)50-24-10-8-20-46(50)47-31-29-43(35-51(47)55)56(42-19-12-18-41(33-42)45-22-13-23-49-48-21-9-11-25-53(48)57-54(45)49)52-34-40(28-30-44(52)37-15-4-3-5-16-37)39-27-26-36-14-6-7-17-38(36)32-39/h4,6-26,28-35,39H,3,5,27H2,1-2H3. The molecule has 3 aliphatic rings. The summed E-state index contributed by atoms with van der Waals surface area (Å²) in [5, 5.41) is 4.91. The molecular weight excluding hydrogens is 691 g/mol. The van der Waals surface area contributed by atoms with Crippen LogP contribution in [0, 0.1) is 0 Å².